The summed E-state index contributed by atoms with van der Waals surface area (Å²) in [4.78, 5) is 11.4. The largest absolute Gasteiger partial charge is 0.502 e. The molecule has 0 aliphatic carbocycles. The Balaban J connectivity index is 2.94. The maximum Gasteiger partial charge on any atom is 0.243 e. The van der Waals surface area contributed by atoms with E-state index in [0.29, 0.717) is 18.6 Å². The van der Waals surface area contributed by atoms with Crippen molar-refractivity contribution < 1.29 is 14.6 Å². The summed E-state index contributed by atoms with van der Waals surface area (Å²) < 4.78 is 5.35. The molecule has 1 N–H and O–H groups in total. The third kappa shape index (κ3) is 1.09. The van der Waals surface area contributed by atoms with E-state index in [-0.39, 0.29) is 11.5 Å². The Kier molecular flexibility index (Phi) is 2.13. The molecule has 0 bridgehead atoms. The lowest BCUT2D eigenvalue weighted by atomic mass is 9.98. The Morgan fingerprint density at radius 1 is 1.50 bits per heavy atom. The number of aliphatic hydroxyl groups is 1. The second-order valence-corrected chi connectivity index (χ2v) is 3.14. The number of Topliss-reactive ketones (excluding diaryl/α,β-unsaturated/α-hetero) is 1. The molecule has 1 atom stereocenters. The fourth-order valence-corrected chi connectivity index (χ4v) is 1.22. The van der Waals surface area contributed by atoms with Gasteiger partial charge in [0.1, 0.15) is 5.76 Å². The first-order chi connectivity index (χ1) is 5.55. The number of ketones is 1. The van der Waals surface area contributed by atoms with Crippen molar-refractivity contribution in [1.29, 1.82) is 0 Å². The van der Waals surface area contributed by atoms with Gasteiger partial charge in [0.2, 0.25) is 11.5 Å². The summed E-state index contributed by atoms with van der Waals surface area (Å²) in [5.41, 5.74) is -0.824. The smallest absolute Gasteiger partial charge is 0.243 e. The minimum absolute atomic E-state index is 0.193. The van der Waals surface area contributed by atoms with Crippen molar-refractivity contribution in [3.63, 3.8) is 0 Å². The number of carbonyl (C=O) groups is 1. The topological polar surface area (TPSA) is 46.5 Å². The summed E-state index contributed by atoms with van der Waals surface area (Å²) in [6, 6.07) is 0. The Bertz CT molecular complexity index is 242. The zero-order valence-corrected chi connectivity index (χ0v) is 7.68. The Morgan fingerprint density at radius 3 is 2.33 bits per heavy atom. The molecule has 12 heavy (non-hydrogen) atoms. The molecule has 0 saturated heterocycles. The molecule has 3 heteroatoms. The molecule has 0 aromatic rings. The number of allylic oxidation sites excluding steroid dienone is 1. The van der Waals surface area contributed by atoms with Crippen LogP contribution in [0.25, 0.3) is 0 Å². The fourth-order valence-electron chi connectivity index (χ4n) is 1.22. The Labute approximate surface area is 72.0 Å². The number of hydrogen-bond donors (Lipinski definition) is 1. The summed E-state index contributed by atoms with van der Waals surface area (Å²) in [5.74, 6) is -0.0620. The van der Waals surface area contributed by atoms with Crippen molar-refractivity contribution in [2.75, 3.05) is 0 Å². The summed E-state index contributed by atoms with van der Waals surface area (Å²) in [5, 5.41) is 9.33. The fraction of sp³-hybridized carbons (Fsp3) is 0.667. The van der Waals surface area contributed by atoms with E-state index in [0.717, 1.165) is 0 Å². The molecule has 0 aromatic heterocycles. The second kappa shape index (κ2) is 2.81. The summed E-state index contributed by atoms with van der Waals surface area (Å²) in [6.07, 6.45) is 1.15. The van der Waals surface area contributed by atoms with Crippen molar-refractivity contribution in [2.24, 2.45) is 0 Å². The van der Waals surface area contributed by atoms with Gasteiger partial charge in [-0.1, -0.05) is 13.8 Å². The first-order valence-corrected chi connectivity index (χ1v) is 4.21. The van der Waals surface area contributed by atoms with Crippen LogP contribution in [-0.4, -0.2) is 16.5 Å². The van der Waals surface area contributed by atoms with Crippen LogP contribution in [0.3, 0.4) is 0 Å². The molecule has 3 nitrogen and oxygen atoms in total. The molecule has 1 aliphatic heterocycles. The zero-order chi connectivity index (χ0) is 9.35. The van der Waals surface area contributed by atoms with E-state index in [1.165, 1.54) is 0 Å². The Morgan fingerprint density at radius 2 is 2.08 bits per heavy atom. The highest BCUT2D eigenvalue weighted by Gasteiger charge is 2.43. The Hall–Kier alpha value is -0.990. The van der Waals surface area contributed by atoms with Crippen LogP contribution >= 0.6 is 0 Å². The van der Waals surface area contributed by atoms with Gasteiger partial charge in [-0.15, -0.1) is 0 Å². The molecule has 1 unspecified atom stereocenters. The van der Waals surface area contributed by atoms with E-state index in [9.17, 15) is 9.90 Å². The van der Waals surface area contributed by atoms with Crippen molar-refractivity contribution >= 4 is 5.78 Å². The highest BCUT2D eigenvalue weighted by molar-refractivity contribution is 6.01. The highest BCUT2D eigenvalue weighted by atomic mass is 16.5. The van der Waals surface area contributed by atoms with Crippen LogP contribution in [0.2, 0.25) is 0 Å². The van der Waals surface area contributed by atoms with Gasteiger partial charge in [0.25, 0.3) is 0 Å². The second-order valence-electron chi connectivity index (χ2n) is 3.14. The predicted molar refractivity (Wildman–Crippen MR) is 44.7 cm³/mol. The van der Waals surface area contributed by atoms with E-state index in [4.69, 9.17) is 4.74 Å². The standard InChI is InChI=1S/C9H14O3/c1-4-6-7(10)8(11)9(3,5-2)12-6/h10H,4-5H2,1-3H3. The monoisotopic (exact) mass is 170 g/mol. The molecule has 0 aromatic carbocycles. The molecular formula is C9H14O3. The van der Waals surface area contributed by atoms with Gasteiger partial charge in [0.15, 0.2) is 5.60 Å². The minimum atomic E-state index is -0.824. The van der Waals surface area contributed by atoms with Crippen molar-refractivity contribution in [1.82, 2.24) is 0 Å². The molecule has 0 radical (unpaired) electrons. The van der Waals surface area contributed by atoms with E-state index in [1.54, 1.807) is 6.92 Å². The summed E-state index contributed by atoms with van der Waals surface area (Å²) >= 11 is 0. The van der Waals surface area contributed by atoms with Gasteiger partial charge in [-0.05, 0) is 13.3 Å². The third-order valence-corrected chi connectivity index (χ3v) is 2.30. The average Bonchev–Trinajstić information content (AvgIpc) is 2.31. The summed E-state index contributed by atoms with van der Waals surface area (Å²) in [7, 11) is 0. The molecule has 0 saturated carbocycles. The van der Waals surface area contributed by atoms with Crippen molar-refractivity contribution in [3.05, 3.63) is 11.5 Å². The molecule has 0 spiro atoms. The van der Waals surface area contributed by atoms with Crippen LogP contribution in [0.15, 0.2) is 11.5 Å². The van der Waals surface area contributed by atoms with E-state index in [2.05, 4.69) is 0 Å². The molecule has 1 aliphatic rings. The molecule has 0 amide bonds. The van der Waals surface area contributed by atoms with Crippen LogP contribution < -0.4 is 0 Å². The SMILES string of the molecule is CCC1=C(O)C(=O)C(C)(CC)O1. The molecule has 1 rings (SSSR count). The lowest BCUT2D eigenvalue weighted by Crippen LogP contribution is -2.32. The number of ether oxygens (including phenoxy) is 1. The van der Waals surface area contributed by atoms with E-state index >= 15 is 0 Å². The van der Waals surface area contributed by atoms with Gasteiger partial charge in [-0.25, -0.2) is 0 Å². The maximum atomic E-state index is 11.4. The van der Waals surface area contributed by atoms with Crippen molar-refractivity contribution in [3.8, 4) is 0 Å². The minimum Gasteiger partial charge on any atom is -0.502 e. The quantitative estimate of drug-likeness (QED) is 0.688. The highest BCUT2D eigenvalue weighted by Crippen LogP contribution is 2.32. The van der Waals surface area contributed by atoms with Gasteiger partial charge in [-0.3, -0.25) is 4.79 Å². The van der Waals surface area contributed by atoms with E-state index in [1.807, 2.05) is 13.8 Å². The number of hydrogen-bond acceptors (Lipinski definition) is 3. The van der Waals surface area contributed by atoms with Crippen LogP contribution in [0.1, 0.15) is 33.6 Å². The van der Waals surface area contributed by atoms with Gasteiger partial charge in [0.05, 0.1) is 0 Å². The first kappa shape index (κ1) is 9.10. The van der Waals surface area contributed by atoms with Crippen LogP contribution in [0, 0.1) is 0 Å². The summed E-state index contributed by atoms with van der Waals surface area (Å²) in [6.45, 7) is 5.41. The third-order valence-electron chi connectivity index (χ3n) is 2.30. The van der Waals surface area contributed by atoms with Crippen LogP contribution in [0.5, 0.6) is 0 Å². The zero-order valence-electron chi connectivity index (χ0n) is 7.68. The maximum absolute atomic E-state index is 11.4. The van der Waals surface area contributed by atoms with Gasteiger partial charge in [0, 0.05) is 6.42 Å². The molecular weight excluding hydrogens is 156 g/mol. The van der Waals surface area contributed by atoms with Crippen LogP contribution in [0.4, 0.5) is 0 Å². The molecule has 1 heterocycles. The van der Waals surface area contributed by atoms with Gasteiger partial charge in [-0.2, -0.15) is 0 Å². The van der Waals surface area contributed by atoms with Gasteiger partial charge < -0.3 is 9.84 Å². The predicted octanol–water partition coefficient (Wildman–Crippen LogP) is 1.93. The van der Waals surface area contributed by atoms with Gasteiger partial charge >= 0.3 is 0 Å². The lowest BCUT2D eigenvalue weighted by molar-refractivity contribution is -0.131. The number of aliphatic hydroxyl groups excluding tert-OH is 1. The number of rotatable bonds is 2. The lowest BCUT2D eigenvalue weighted by Gasteiger charge is -2.20. The molecule has 0 fully saturated rings. The van der Waals surface area contributed by atoms with Crippen LogP contribution in [-0.2, 0) is 9.53 Å². The molecule has 68 valence electrons. The average molecular weight is 170 g/mol. The van der Waals surface area contributed by atoms with Crippen molar-refractivity contribution in [2.45, 2.75) is 39.2 Å². The normalized spacial score (nSPS) is 29.4. The van der Waals surface area contributed by atoms with E-state index < -0.39 is 5.60 Å². The number of carbonyl (C=O) groups excluding carboxylic acids is 1. The first-order valence-electron chi connectivity index (χ1n) is 4.21.